The van der Waals surface area contributed by atoms with E-state index in [0.29, 0.717) is 12.0 Å². The van der Waals surface area contributed by atoms with Crippen LogP contribution in [0.2, 0.25) is 0 Å². The molecule has 118 valence electrons. The molecule has 0 aromatic carbocycles. The molecule has 3 heterocycles. The van der Waals surface area contributed by atoms with Crippen molar-refractivity contribution in [1.82, 2.24) is 5.32 Å². The molecular formula is C17H27NO3. The monoisotopic (exact) mass is 293 g/mol. The average molecular weight is 293 g/mol. The van der Waals surface area contributed by atoms with Gasteiger partial charge < -0.3 is 19.2 Å². The van der Waals surface area contributed by atoms with Crippen molar-refractivity contribution in [3.63, 3.8) is 0 Å². The maximum atomic E-state index is 6.17. The third-order valence-corrected chi connectivity index (χ3v) is 5.13. The first-order valence-electron chi connectivity index (χ1n) is 8.09. The lowest BCUT2D eigenvalue weighted by Gasteiger charge is -2.45. The summed E-state index contributed by atoms with van der Waals surface area (Å²) >= 11 is 0. The predicted octanol–water partition coefficient (Wildman–Crippen LogP) is 3.13. The second kappa shape index (κ2) is 6.11. The van der Waals surface area contributed by atoms with Crippen LogP contribution < -0.4 is 5.32 Å². The number of ether oxygens (including phenoxy) is 2. The van der Waals surface area contributed by atoms with E-state index in [0.717, 1.165) is 57.0 Å². The lowest BCUT2D eigenvalue weighted by Crippen LogP contribution is -2.46. The van der Waals surface area contributed by atoms with E-state index in [4.69, 9.17) is 13.9 Å². The molecular weight excluding hydrogens is 266 g/mol. The molecule has 3 rings (SSSR count). The molecule has 2 saturated heterocycles. The smallest absolute Gasteiger partial charge is 0.105 e. The summed E-state index contributed by atoms with van der Waals surface area (Å²) in [5.41, 5.74) is 1.35. The van der Waals surface area contributed by atoms with E-state index in [1.165, 1.54) is 5.56 Å². The molecule has 2 fully saturated rings. The molecule has 2 aliphatic heterocycles. The third-order valence-electron chi connectivity index (χ3n) is 5.13. The lowest BCUT2D eigenvalue weighted by atomic mass is 9.76. The van der Waals surface area contributed by atoms with Gasteiger partial charge in [0.1, 0.15) is 11.5 Å². The van der Waals surface area contributed by atoms with Gasteiger partial charge in [0.2, 0.25) is 0 Å². The lowest BCUT2D eigenvalue weighted by molar-refractivity contribution is -0.150. The Bertz CT molecular complexity index is 471. The van der Waals surface area contributed by atoms with Crippen molar-refractivity contribution in [2.75, 3.05) is 26.9 Å². The van der Waals surface area contributed by atoms with Crippen molar-refractivity contribution in [2.24, 2.45) is 5.92 Å². The molecule has 1 aromatic rings. The maximum Gasteiger partial charge on any atom is 0.105 e. The van der Waals surface area contributed by atoms with Crippen molar-refractivity contribution in [2.45, 2.75) is 51.2 Å². The normalized spacial score (nSPS) is 26.9. The first kappa shape index (κ1) is 15.1. The zero-order chi connectivity index (χ0) is 14.9. The van der Waals surface area contributed by atoms with Crippen LogP contribution in [0.1, 0.15) is 48.8 Å². The SMILES string of the molecule is CNC(c1cc(C)oc1C)C1CCOC2(CCOCC2)C1. The van der Waals surface area contributed by atoms with E-state index < -0.39 is 0 Å². The summed E-state index contributed by atoms with van der Waals surface area (Å²) in [6, 6.07) is 2.54. The Balaban J connectivity index is 1.78. The highest BCUT2D eigenvalue weighted by Gasteiger charge is 2.41. The van der Waals surface area contributed by atoms with Crippen molar-refractivity contribution in [3.8, 4) is 0 Å². The summed E-state index contributed by atoms with van der Waals surface area (Å²) in [6.07, 6.45) is 4.29. The van der Waals surface area contributed by atoms with Gasteiger partial charge in [-0.25, -0.2) is 0 Å². The maximum absolute atomic E-state index is 6.17. The molecule has 1 N–H and O–H groups in total. The van der Waals surface area contributed by atoms with Gasteiger partial charge in [-0.15, -0.1) is 0 Å². The van der Waals surface area contributed by atoms with Crippen LogP contribution in [0.25, 0.3) is 0 Å². The van der Waals surface area contributed by atoms with Gasteiger partial charge in [0.05, 0.1) is 5.60 Å². The largest absolute Gasteiger partial charge is 0.466 e. The minimum absolute atomic E-state index is 0.0446. The Kier molecular flexibility index (Phi) is 4.38. The van der Waals surface area contributed by atoms with Gasteiger partial charge >= 0.3 is 0 Å². The molecule has 4 heteroatoms. The molecule has 0 radical (unpaired) electrons. The number of furan rings is 1. The minimum Gasteiger partial charge on any atom is -0.466 e. The van der Waals surface area contributed by atoms with Gasteiger partial charge in [-0.05, 0) is 58.6 Å². The van der Waals surface area contributed by atoms with Crippen molar-refractivity contribution in [3.05, 3.63) is 23.2 Å². The Labute approximate surface area is 127 Å². The summed E-state index contributed by atoms with van der Waals surface area (Å²) in [4.78, 5) is 0. The van der Waals surface area contributed by atoms with Crippen LogP contribution in [0.5, 0.6) is 0 Å². The van der Waals surface area contributed by atoms with E-state index in [9.17, 15) is 0 Å². The van der Waals surface area contributed by atoms with Gasteiger partial charge in [0.15, 0.2) is 0 Å². The van der Waals surface area contributed by atoms with Crippen LogP contribution >= 0.6 is 0 Å². The van der Waals surface area contributed by atoms with Gasteiger partial charge in [-0.3, -0.25) is 0 Å². The van der Waals surface area contributed by atoms with Crippen LogP contribution in [0.4, 0.5) is 0 Å². The molecule has 1 spiro atoms. The Hall–Kier alpha value is -0.840. The first-order valence-corrected chi connectivity index (χ1v) is 8.09. The Morgan fingerprint density at radius 2 is 2.00 bits per heavy atom. The van der Waals surface area contributed by atoms with Gasteiger partial charge in [0, 0.05) is 31.4 Å². The molecule has 1 aromatic heterocycles. The van der Waals surface area contributed by atoms with Crippen LogP contribution in [-0.2, 0) is 9.47 Å². The number of nitrogens with one attached hydrogen (secondary N) is 1. The average Bonchev–Trinajstić information content (AvgIpc) is 2.80. The van der Waals surface area contributed by atoms with Crippen LogP contribution in [0.3, 0.4) is 0 Å². The highest BCUT2D eigenvalue weighted by atomic mass is 16.5. The van der Waals surface area contributed by atoms with Gasteiger partial charge in [0.25, 0.3) is 0 Å². The molecule has 4 nitrogen and oxygen atoms in total. The minimum atomic E-state index is 0.0446. The molecule has 2 aliphatic rings. The Morgan fingerprint density at radius 1 is 1.24 bits per heavy atom. The first-order chi connectivity index (χ1) is 10.1. The fourth-order valence-corrected chi connectivity index (χ4v) is 4.05. The van der Waals surface area contributed by atoms with Crippen LogP contribution in [0.15, 0.2) is 10.5 Å². The fraction of sp³-hybridized carbons (Fsp3) is 0.765. The third kappa shape index (κ3) is 3.03. The van der Waals surface area contributed by atoms with E-state index in [1.54, 1.807) is 0 Å². The van der Waals surface area contributed by atoms with E-state index >= 15 is 0 Å². The van der Waals surface area contributed by atoms with Crippen LogP contribution in [-0.4, -0.2) is 32.5 Å². The molecule has 2 atom stereocenters. The quantitative estimate of drug-likeness (QED) is 0.930. The summed E-state index contributed by atoms with van der Waals surface area (Å²) in [7, 11) is 2.05. The highest BCUT2D eigenvalue weighted by molar-refractivity contribution is 5.25. The molecule has 21 heavy (non-hydrogen) atoms. The number of hydrogen-bond acceptors (Lipinski definition) is 4. The molecule has 0 aliphatic carbocycles. The fourth-order valence-electron chi connectivity index (χ4n) is 4.05. The molecule has 0 amide bonds. The van der Waals surface area contributed by atoms with Crippen molar-refractivity contribution in [1.29, 1.82) is 0 Å². The van der Waals surface area contributed by atoms with Crippen molar-refractivity contribution >= 4 is 0 Å². The Morgan fingerprint density at radius 3 is 2.62 bits per heavy atom. The van der Waals surface area contributed by atoms with E-state index in [2.05, 4.69) is 25.4 Å². The second-order valence-electron chi connectivity index (χ2n) is 6.53. The van der Waals surface area contributed by atoms with Crippen LogP contribution in [0, 0.1) is 19.8 Å². The molecule has 0 saturated carbocycles. The predicted molar refractivity (Wildman–Crippen MR) is 81.4 cm³/mol. The molecule has 2 unspecified atom stereocenters. The molecule has 0 bridgehead atoms. The van der Waals surface area contributed by atoms with Gasteiger partial charge in [-0.1, -0.05) is 0 Å². The summed E-state index contributed by atoms with van der Waals surface area (Å²) in [5.74, 6) is 2.63. The van der Waals surface area contributed by atoms with Crippen molar-refractivity contribution < 1.29 is 13.9 Å². The number of rotatable bonds is 3. The van der Waals surface area contributed by atoms with E-state index in [-0.39, 0.29) is 5.60 Å². The highest BCUT2D eigenvalue weighted by Crippen LogP contribution is 2.42. The standard InChI is InChI=1S/C17H27NO3/c1-12-10-15(13(2)21-12)16(18-3)14-4-7-20-17(11-14)5-8-19-9-6-17/h10,14,16,18H,4-9,11H2,1-3H3. The number of hydrogen-bond donors (Lipinski definition) is 1. The summed E-state index contributed by atoms with van der Waals surface area (Å²) < 4.78 is 17.4. The zero-order valence-corrected chi connectivity index (χ0v) is 13.4. The topological polar surface area (TPSA) is 43.6 Å². The number of aryl methyl sites for hydroxylation is 2. The summed E-state index contributed by atoms with van der Waals surface area (Å²) in [5, 5.41) is 3.52. The second-order valence-corrected chi connectivity index (χ2v) is 6.53. The zero-order valence-electron chi connectivity index (χ0n) is 13.4. The van der Waals surface area contributed by atoms with E-state index in [1.807, 2.05) is 6.92 Å². The summed E-state index contributed by atoms with van der Waals surface area (Å²) in [6.45, 7) is 6.61. The van der Waals surface area contributed by atoms with Gasteiger partial charge in [-0.2, -0.15) is 0 Å².